The van der Waals surface area contributed by atoms with E-state index in [2.05, 4.69) is 15.6 Å². The first-order valence-electron chi connectivity index (χ1n) is 10.7. The fourth-order valence-corrected chi connectivity index (χ4v) is 3.73. The summed E-state index contributed by atoms with van der Waals surface area (Å²) in [6, 6.07) is 21.0. The van der Waals surface area contributed by atoms with Crippen LogP contribution in [0.15, 0.2) is 77.8 Å². The van der Waals surface area contributed by atoms with Crippen molar-refractivity contribution < 1.29 is 14.0 Å². The third kappa shape index (κ3) is 4.92. The molecule has 0 aromatic heterocycles. The molecular weight excluding hydrogens is 419 g/mol. The van der Waals surface area contributed by atoms with Crippen molar-refractivity contribution in [3.8, 4) is 0 Å². The Bertz CT molecular complexity index is 1210. The van der Waals surface area contributed by atoms with Gasteiger partial charge >= 0.3 is 6.03 Å². The summed E-state index contributed by atoms with van der Waals surface area (Å²) in [6.45, 7) is 2.42. The topological polar surface area (TPSA) is 73.8 Å². The molecule has 0 radical (unpaired) electrons. The average molecular weight is 445 g/mol. The van der Waals surface area contributed by atoms with Crippen LogP contribution in [-0.2, 0) is 11.2 Å². The predicted octanol–water partition coefficient (Wildman–Crippen LogP) is 3.82. The van der Waals surface area contributed by atoms with Gasteiger partial charge in [0.25, 0.3) is 5.91 Å². The number of aryl methyl sites for hydroxylation is 1. The van der Waals surface area contributed by atoms with Crippen LogP contribution < -0.4 is 15.5 Å². The molecule has 1 unspecified atom stereocenters. The first-order valence-corrected chi connectivity index (χ1v) is 10.7. The van der Waals surface area contributed by atoms with Crippen molar-refractivity contribution in [2.24, 2.45) is 4.99 Å². The molecule has 0 fully saturated rings. The van der Waals surface area contributed by atoms with Crippen LogP contribution in [0.1, 0.15) is 22.3 Å². The number of aliphatic imine (C=N–C) groups is 1. The lowest BCUT2D eigenvalue weighted by atomic mass is 10.00. The van der Waals surface area contributed by atoms with Gasteiger partial charge in [0, 0.05) is 24.7 Å². The lowest BCUT2D eigenvalue weighted by Crippen LogP contribution is -2.49. The molecule has 168 valence electrons. The van der Waals surface area contributed by atoms with Crippen molar-refractivity contribution in [1.82, 2.24) is 10.6 Å². The molecule has 0 saturated heterocycles. The Kier molecular flexibility index (Phi) is 6.49. The second-order valence-electron chi connectivity index (χ2n) is 7.91. The van der Waals surface area contributed by atoms with Crippen molar-refractivity contribution in [3.63, 3.8) is 0 Å². The molecular formula is C26H25FN4O2. The Balaban J connectivity index is 1.56. The van der Waals surface area contributed by atoms with Gasteiger partial charge < -0.3 is 15.5 Å². The molecule has 1 atom stereocenters. The fraction of sp³-hybridized carbons (Fsp3) is 0.192. The summed E-state index contributed by atoms with van der Waals surface area (Å²) in [5.41, 5.74) is 4.05. The monoisotopic (exact) mass is 444 g/mol. The van der Waals surface area contributed by atoms with E-state index >= 15 is 0 Å². The number of carbonyl (C=O) groups excluding carboxylic acids is 2. The van der Waals surface area contributed by atoms with E-state index < -0.39 is 23.9 Å². The van der Waals surface area contributed by atoms with E-state index in [0.717, 1.165) is 5.56 Å². The van der Waals surface area contributed by atoms with Crippen LogP contribution in [0.2, 0.25) is 0 Å². The second-order valence-corrected chi connectivity index (χ2v) is 7.91. The zero-order chi connectivity index (χ0) is 23.4. The predicted molar refractivity (Wildman–Crippen MR) is 127 cm³/mol. The minimum atomic E-state index is -1.20. The number of likely N-dealkylation sites (N-methyl/N-ethyl adjacent to an activating group) is 1. The number of halogens is 1. The van der Waals surface area contributed by atoms with E-state index in [-0.39, 0.29) is 5.56 Å². The lowest BCUT2D eigenvalue weighted by Gasteiger charge is -2.21. The summed E-state index contributed by atoms with van der Waals surface area (Å²) in [4.78, 5) is 31.6. The van der Waals surface area contributed by atoms with Crippen LogP contribution in [0.3, 0.4) is 0 Å². The lowest BCUT2D eigenvalue weighted by molar-refractivity contribution is -0.119. The van der Waals surface area contributed by atoms with Crippen molar-refractivity contribution in [2.75, 3.05) is 18.5 Å². The van der Waals surface area contributed by atoms with Crippen LogP contribution in [0.4, 0.5) is 14.9 Å². The minimum absolute atomic E-state index is 0.264. The maximum atomic E-state index is 14.7. The molecule has 1 aliphatic rings. The smallest absolute Gasteiger partial charge is 0.316 e. The number of fused-ring (bicyclic) bond motifs is 1. The summed E-state index contributed by atoms with van der Waals surface area (Å²) in [5, 5.41) is 5.41. The molecule has 3 aromatic rings. The number of benzene rings is 3. The number of para-hydroxylation sites is 1. The van der Waals surface area contributed by atoms with Gasteiger partial charge in [-0.2, -0.15) is 0 Å². The molecule has 1 heterocycles. The van der Waals surface area contributed by atoms with Crippen molar-refractivity contribution in [2.45, 2.75) is 19.5 Å². The number of benzodiazepines with no additional fused rings is 1. The van der Waals surface area contributed by atoms with E-state index in [9.17, 15) is 14.0 Å². The van der Waals surface area contributed by atoms with Crippen LogP contribution in [-0.4, -0.2) is 37.4 Å². The summed E-state index contributed by atoms with van der Waals surface area (Å²) < 4.78 is 14.7. The van der Waals surface area contributed by atoms with Crippen molar-refractivity contribution in [3.05, 3.63) is 101 Å². The van der Waals surface area contributed by atoms with Crippen LogP contribution in [0.25, 0.3) is 0 Å². The van der Waals surface area contributed by atoms with E-state index in [1.54, 1.807) is 49.5 Å². The maximum absolute atomic E-state index is 14.7. The van der Waals surface area contributed by atoms with Gasteiger partial charge in [0.2, 0.25) is 6.17 Å². The number of hydrogen-bond donors (Lipinski definition) is 2. The van der Waals surface area contributed by atoms with Crippen LogP contribution in [0.5, 0.6) is 0 Å². The highest BCUT2D eigenvalue weighted by molar-refractivity contribution is 6.20. The quantitative estimate of drug-likeness (QED) is 0.628. The third-order valence-corrected chi connectivity index (χ3v) is 5.56. The van der Waals surface area contributed by atoms with E-state index in [1.165, 1.54) is 16.5 Å². The highest BCUT2D eigenvalue weighted by atomic mass is 19.1. The SMILES string of the molecule is Cc1ccc(CCNC(=O)NC2N=C(c3ccccc3F)c3ccccc3N(C)C2=O)cc1. The summed E-state index contributed by atoms with van der Waals surface area (Å²) in [5.74, 6) is -0.869. The molecule has 3 amide bonds. The number of hydrogen-bond acceptors (Lipinski definition) is 3. The Morgan fingerprint density at radius 3 is 2.39 bits per heavy atom. The molecule has 0 saturated carbocycles. The normalized spacial score (nSPS) is 15.4. The number of nitrogens with one attached hydrogen (secondary N) is 2. The van der Waals surface area contributed by atoms with E-state index in [1.807, 2.05) is 31.2 Å². The molecule has 33 heavy (non-hydrogen) atoms. The molecule has 1 aliphatic heterocycles. The fourth-order valence-electron chi connectivity index (χ4n) is 3.73. The number of carbonyl (C=O) groups is 2. The average Bonchev–Trinajstić information content (AvgIpc) is 2.92. The van der Waals surface area contributed by atoms with Gasteiger partial charge in [0.15, 0.2) is 0 Å². The van der Waals surface area contributed by atoms with Crippen molar-refractivity contribution >= 4 is 23.3 Å². The van der Waals surface area contributed by atoms with E-state index in [0.29, 0.717) is 29.9 Å². The first-order chi connectivity index (χ1) is 15.9. The van der Waals surface area contributed by atoms with Gasteiger partial charge in [-0.05, 0) is 37.1 Å². The number of amides is 3. The number of rotatable bonds is 5. The molecule has 0 bridgehead atoms. The highest BCUT2D eigenvalue weighted by Gasteiger charge is 2.31. The van der Waals surface area contributed by atoms with Gasteiger partial charge in [-0.3, -0.25) is 4.79 Å². The van der Waals surface area contributed by atoms with Gasteiger partial charge in [-0.25, -0.2) is 14.2 Å². The zero-order valence-corrected chi connectivity index (χ0v) is 18.5. The van der Waals surface area contributed by atoms with Gasteiger partial charge in [-0.1, -0.05) is 60.2 Å². The zero-order valence-electron chi connectivity index (χ0n) is 18.5. The Morgan fingerprint density at radius 2 is 1.67 bits per heavy atom. The van der Waals surface area contributed by atoms with E-state index in [4.69, 9.17) is 0 Å². The van der Waals surface area contributed by atoms with Gasteiger partial charge in [-0.15, -0.1) is 0 Å². The molecule has 3 aromatic carbocycles. The largest absolute Gasteiger partial charge is 0.338 e. The van der Waals surface area contributed by atoms with Crippen LogP contribution in [0, 0.1) is 12.7 Å². The Hall–Kier alpha value is -4.00. The first kappa shape index (κ1) is 22.2. The number of urea groups is 1. The highest BCUT2D eigenvalue weighted by Crippen LogP contribution is 2.27. The van der Waals surface area contributed by atoms with Crippen molar-refractivity contribution in [1.29, 1.82) is 0 Å². The molecule has 0 spiro atoms. The van der Waals surface area contributed by atoms with Crippen LogP contribution >= 0.6 is 0 Å². The molecule has 4 rings (SSSR count). The molecule has 7 heteroatoms. The Labute approximate surface area is 192 Å². The molecule has 0 aliphatic carbocycles. The summed E-state index contributed by atoms with van der Waals surface area (Å²) in [7, 11) is 1.62. The second kappa shape index (κ2) is 9.65. The number of anilines is 1. The minimum Gasteiger partial charge on any atom is -0.338 e. The third-order valence-electron chi connectivity index (χ3n) is 5.56. The summed E-state index contributed by atoms with van der Waals surface area (Å²) in [6.07, 6.45) is -0.544. The van der Waals surface area contributed by atoms with Gasteiger partial charge in [0.05, 0.1) is 11.4 Å². The summed E-state index contributed by atoms with van der Waals surface area (Å²) >= 11 is 0. The van der Waals surface area contributed by atoms with Gasteiger partial charge in [0.1, 0.15) is 5.82 Å². The standard InChI is InChI=1S/C26H25FN4O2/c1-17-11-13-18(14-12-17)15-16-28-26(33)30-24-25(32)31(2)22-10-6-4-8-20(22)23(29-24)19-7-3-5-9-21(19)27/h3-14,24H,15-16H2,1-2H3,(H2,28,30,33). The molecule has 2 N–H and O–H groups in total. The Morgan fingerprint density at radius 1 is 1.00 bits per heavy atom. The number of nitrogens with zero attached hydrogens (tertiary/aromatic N) is 2. The maximum Gasteiger partial charge on any atom is 0.316 e. The molecule has 6 nitrogen and oxygen atoms in total.